The van der Waals surface area contributed by atoms with E-state index in [0.29, 0.717) is 5.13 Å². The van der Waals surface area contributed by atoms with Crippen LogP contribution in [0.1, 0.15) is 29.5 Å². The van der Waals surface area contributed by atoms with Crippen LogP contribution in [0.4, 0.5) is 9.93 Å². The molecule has 0 spiro atoms. The standard InChI is InChI=1S/C16H21N3O2S/c1-4-5-13-6-8-14(9-7-13)21-10-17-15(20)19-16-18-11(2)12(3)22-16/h6-9H,4-5,10H2,1-3H3,(H2,17,18,19,20). The Morgan fingerprint density at radius 3 is 2.59 bits per heavy atom. The fourth-order valence-corrected chi connectivity index (χ4v) is 2.70. The lowest BCUT2D eigenvalue weighted by atomic mass is 10.1. The van der Waals surface area contributed by atoms with Gasteiger partial charge in [0.25, 0.3) is 0 Å². The minimum absolute atomic E-state index is 0.113. The van der Waals surface area contributed by atoms with E-state index in [2.05, 4.69) is 22.5 Å². The number of aryl methyl sites for hydroxylation is 3. The molecule has 0 atom stereocenters. The molecule has 22 heavy (non-hydrogen) atoms. The number of carbonyl (C=O) groups excluding carboxylic acids is 1. The molecule has 0 saturated carbocycles. The van der Waals surface area contributed by atoms with Gasteiger partial charge in [-0.15, -0.1) is 11.3 Å². The summed E-state index contributed by atoms with van der Waals surface area (Å²) in [5.74, 6) is 0.737. The molecule has 2 rings (SSSR count). The third kappa shape index (κ3) is 4.73. The molecule has 2 amide bonds. The molecule has 0 fully saturated rings. The van der Waals surface area contributed by atoms with E-state index >= 15 is 0 Å². The largest absolute Gasteiger partial charge is 0.473 e. The summed E-state index contributed by atoms with van der Waals surface area (Å²) in [5, 5.41) is 5.93. The van der Waals surface area contributed by atoms with Gasteiger partial charge in [-0.1, -0.05) is 25.5 Å². The second-order valence-electron chi connectivity index (χ2n) is 4.97. The van der Waals surface area contributed by atoms with E-state index in [0.717, 1.165) is 29.2 Å². The summed E-state index contributed by atoms with van der Waals surface area (Å²) in [4.78, 5) is 17.1. The molecule has 118 valence electrons. The first-order valence-electron chi connectivity index (χ1n) is 7.29. The van der Waals surface area contributed by atoms with Crippen molar-refractivity contribution in [3.8, 4) is 5.75 Å². The van der Waals surface area contributed by atoms with E-state index < -0.39 is 0 Å². The first-order chi connectivity index (χ1) is 10.6. The van der Waals surface area contributed by atoms with Gasteiger partial charge in [0.2, 0.25) is 0 Å². The maximum absolute atomic E-state index is 11.7. The Balaban J connectivity index is 1.74. The van der Waals surface area contributed by atoms with Gasteiger partial charge in [-0.05, 0) is 38.0 Å². The monoisotopic (exact) mass is 319 g/mol. The van der Waals surface area contributed by atoms with Crippen molar-refractivity contribution >= 4 is 22.5 Å². The number of rotatable bonds is 6. The Bertz CT molecular complexity index is 603. The highest BCUT2D eigenvalue weighted by molar-refractivity contribution is 7.15. The van der Waals surface area contributed by atoms with Crippen LogP contribution < -0.4 is 15.4 Å². The highest BCUT2D eigenvalue weighted by Gasteiger charge is 2.07. The summed E-state index contributed by atoms with van der Waals surface area (Å²) in [6.07, 6.45) is 2.19. The van der Waals surface area contributed by atoms with Gasteiger partial charge < -0.3 is 10.1 Å². The molecule has 2 aromatic rings. The summed E-state index contributed by atoms with van der Waals surface area (Å²) in [5.41, 5.74) is 2.22. The number of urea groups is 1. The maximum atomic E-state index is 11.7. The van der Waals surface area contributed by atoms with Gasteiger partial charge >= 0.3 is 6.03 Å². The average molecular weight is 319 g/mol. The minimum Gasteiger partial charge on any atom is -0.473 e. The first-order valence-corrected chi connectivity index (χ1v) is 8.10. The molecule has 6 heteroatoms. The van der Waals surface area contributed by atoms with Crippen LogP contribution in [0.25, 0.3) is 0 Å². The van der Waals surface area contributed by atoms with Crippen molar-refractivity contribution in [3.05, 3.63) is 40.4 Å². The van der Waals surface area contributed by atoms with E-state index in [1.165, 1.54) is 16.9 Å². The van der Waals surface area contributed by atoms with Crippen molar-refractivity contribution in [3.63, 3.8) is 0 Å². The highest BCUT2D eigenvalue weighted by atomic mass is 32.1. The fourth-order valence-electron chi connectivity index (χ4n) is 1.89. The summed E-state index contributed by atoms with van der Waals surface area (Å²) >= 11 is 1.45. The van der Waals surface area contributed by atoms with Crippen molar-refractivity contribution in [2.45, 2.75) is 33.6 Å². The molecule has 1 heterocycles. The molecule has 2 N–H and O–H groups in total. The number of aromatic nitrogens is 1. The van der Waals surface area contributed by atoms with Gasteiger partial charge in [-0.2, -0.15) is 0 Å². The Morgan fingerprint density at radius 1 is 1.27 bits per heavy atom. The van der Waals surface area contributed by atoms with Gasteiger partial charge in [0.1, 0.15) is 5.75 Å². The fraction of sp³-hybridized carbons (Fsp3) is 0.375. The Hall–Kier alpha value is -2.08. The van der Waals surface area contributed by atoms with Gasteiger partial charge in [0.05, 0.1) is 5.69 Å². The van der Waals surface area contributed by atoms with Gasteiger partial charge in [-0.25, -0.2) is 9.78 Å². The molecule has 0 unspecified atom stereocenters. The lowest BCUT2D eigenvalue weighted by Crippen LogP contribution is -2.31. The third-order valence-electron chi connectivity index (χ3n) is 3.18. The number of nitrogens with one attached hydrogen (secondary N) is 2. The normalized spacial score (nSPS) is 10.3. The molecule has 5 nitrogen and oxygen atoms in total. The van der Waals surface area contributed by atoms with Crippen molar-refractivity contribution in [2.24, 2.45) is 0 Å². The second kappa shape index (κ2) is 7.79. The average Bonchev–Trinajstić information content (AvgIpc) is 2.79. The van der Waals surface area contributed by atoms with Gasteiger partial charge in [0.15, 0.2) is 11.9 Å². The van der Waals surface area contributed by atoms with Crippen LogP contribution in [0, 0.1) is 13.8 Å². The van der Waals surface area contributed by atoms with Crippen LogP contribution in [0.15, 0.2) is 24.3 Å². The lowest BCUT2D eigenvalue weighted by Gasteiger charge is -2.08. The summed E-state index contributed by atoms with van der Waals surface area (Å²) in [6.45, 7) is 6.16. The van der Waals surface area contributed by atoms with Crippen LogP contribution in [-0.2, 0) is 6.42 Å². The van der Waals surface area contributed by atoms with E-state index in [-0.39, 0.29) is 12.8 Å². The quantitative estimate of drug-likeness (QED) is 0.794. The van der Waals surface area contributed by atoms with Crippen molar-refractivity contribution in [1.82, 2.24) is 10.3 Å². The van der Waals surface area contributed by atoms with Crippen molar-refractivity contribution < 1.29 is 9.53 Å². The molecule has 0 aliphatic carbocycles. The molecule has 1 aromatic heterocycles. The predicted octanol–water partition coefficient (Wildman–Crippen LogP) is 3.87. The third-order valence-corrected chi connectivity index (χ3v) is 4.17. The lowest BCUT2D eigenvalue weighted by molar-refractivity contribution is 0.234. The predicted molar refractivity (Wildman–Crippen MR) is 89.7 cm³/mol. The number of ether oxygens (including phenoxy) is 1. The number of amides is 2. The summed E-state index contributed by atoms with van der Waals surface area (Å²) in [7, 11) is 0. The number of nitrogens with zero attached hydrogens (tertiary/aromatic N) is 1. The molecular weight excluding hydrogens is 298 g/mol. The van der Waals surface area contributed by atoms with E-state index in [4.69, 9.17) is 4.74 Å². The Kier molecular flexibility index (Phi) is 5.77. The zero-order valence-electron chi connectivity index (χ0n) is 13.1. The van der Waals surface area contributed by atoms with Gasteiger partial charge in [-0.3, -0.25) is 5.32 Å². The number of thiazole rings is 1. The maximum Gasteiger partial charge on any atom is 0.323 e. The van der Waals surface area contributed by atoms with Crippen LogP contribution in [-0.4, -0.2) is 17.7 Å². The highest BCUT2D eigenvalue weighted by Crippen LogP contribution is 2.20. The van der Waals surface area contributed by atoms with Gasteiger partial charge in [0, 0.05) is 4.88 Å². The minimum atomic E-state index is -0.323. The number of hydrogen-bond acceptors (Lipinski definition) is 4. The van der Waals surface area contributed by atoms with Crippen molar-refractivity contribution in [1.29, 1.82) is 0 Å². The van der Waals surface area contributed by atoms with Crippen LogP contribution >= 0.6 is 11.3 Å². The summed E-state index contributed by atoms with van der Waals surface area (Å²) in [6, 6.07) is 7.59. The van der Waals surface area contributed by atoms with Crippen molar-refractivity contribution in [2.75, 3.05) is 12.0 Å². The molecular formula is C16H21N3O2S. The Morgan fingerprint density at radius 2 is 2.00 bits per heavy atom. The zero-order valence-corrected chi connectivity index (χ0v) is 13.9. The molecule has 0 bridgehead atoms. The summed E-state index contributed by atoms with van der Waals surface area (Å²) < 4.78 is 5.49. The molecule has 1 aromatic carbocycles. The molecule has 0 saturated heterocycles. The number of hydrogen-bond donors (Lipinski definition) is 2. The van der Waals surface area contributed by atoms with E-state index in [9.17, 15) is 4.79 Å². The molecule has 0 radical (unpaired) electrons. The van der Waals surface area contributed by atoms with Crippen LogP contribution in [0.5, 0.6) is 5.75 Å². The number of anilines is 1. The van der Waals surface area contributed by atoms with E-state index in [1.807, 2.05) is 38.1 Å². The second-order valence-corrected chi connectivity index (χ2v) is 6.18. The molecule has 0 aliphatic heterocycles. The van der Waals surface area contributed by atoms with Crippen LogP contribution in [0.3, 0.4) is 0 Å². The number of carbonyl (C=O) groups is 1. The SMILES string of the molecule is CCCc1ccc(OCNC(=O)Nc2nc(C)c(C)s2)cc1. The smallest absolute Gasteiger partial charge is 0.323 e. The topological polar surface area (TPSA) is 63.2 Å². The Labute approximate surface area is 134 Å². The first kappa shape index (κ1) is 16.3. The number of benzene rings is 1. The molecule has 0 aliphatic rings. The van der Waals surface area contributed by atoms with Crippen LogP contribution in [0.2, 0.25) is 0 Å². The van der Waals surface area contributed by atoms with E-state index in [1.54, 1.807) is 0 Å². The zero-order chi connectivity index (χ0) is 15.9.